The summed E-state index contributed by atoms with van der Waals surface area (Å²) in [4.78, 5) is 33.8. The van der Waals surface area contributed by atoms with Gasteiger partial charge in [0.05, 0.1) is 17.6 Å². The van der Waals surface area contributed by atoms with Gasteiger partial charge in [-0.1, -0.05) is 12.1 Å². The van der Waals surface area contributed by atoms with Gasteiger partial charge < -0.3 is 20.2 Å². The fraction of sp³-hybridized carbons (Fsp3) is 0.333. The van der Waals surface area contributed by atoms with Gasteiger partial charge in [0, 0.05) is 37.1 Å². The van der Waals surface area contributed by atoms with E-state index in [4.69, 9.17) is 0 Å². The molecule has 3 N–H and O–H groups in total. The minimum atomic E-state index is -0.251. The molecule has 7 nitrogen and oxygen atoms in total. The summed E-state index contributed by atoms with van der Waals surface area (Å²) in [5.41, 5.74) is 4.34. The maximum Gasteiger partial charge on any atom is 0.323 e. The highest BCUT2D eigenvalue weighted by Gasteiger charge is 2.25. The number of carbonyl (C=O) groups is 1. The molecule has 28 heavy (non-hydrogen) atoms. The van der Waals surface area contributed by atoms with Gasteiger partial charge in [0.15, 0.2) is 0 Å². The lowest BCUT2D eigenvalue weighted by atomic mass is 10.1. The smallest absolute Gasteiger partial charge is 0.323 e. The molecule has 146 valence electrons. The standard InChI is InChI=1S/C21H25N5O2/c1-14-4-3-5-17(10-14)26-9-8-25(12-15(26)2)13-20(27)22-16-6-7-18-19(11-16)24-21(28)23-18/h3-7,10-11,15H,8-9,12-13H2,1-2H3,(H,22,27)(H2,23,24,28)/t15-/m0/s1. The Labute approximate surface area is 163 Å². The van der Waals surface area contributed by atoms with E-state index in [9.17, 15) is 9.59 Å². The number of fused-ring (bicyclic) bond motifs is 1. The molecular weight excluding hydrogens is 354 g/mol. The number of hydrogen-bond acceptors (Lipinski definition) is 4. The van der Waals surface area contributed by atoms with Crippen molar-refractivity contribution in [3.8, 4) is 0 Å². The first-order valence-electron chi connectivity index (χ1n) is 9.55. The summed E-state index contributed by atoms with van der Waals surface area (Å²) in [6, 6.07) is 14.2. The minimum absolute atomic E-state index is 0.0477. The van der Waals surface area contributed by atoms with Crippen molar-refractivity contribution in [3.05, 3.63) is 58.5 Å². The largest absolute Gasteiger partial charge is 0.366 e. The predicted octanol–water partition coefficient (Wildman–Crippen LogP) is 2.31. The van der Waals surface area contributed by atoms with E-state index in [-0.39, 0.29) is 11.6 Å². The summed E-state index contributed by atoms with van der Waals surface area (Å²) >= 11 is 0. The molecule has 3 aromatic rings. The molecule has 1 amide bonds. The van der Waals surface area contributed by atoms with Crippen LogP contribution in [0, 0.1) is 6.92 Å². The van der Waals surface area contributed by atoms with Crippen LogP contribution in [0.25, 0.3) is 11.0 Å². The Balaban J connectivity index is 1.35. The number of aromatic amines is 2. The van der Waals surface area contributed by atoms with E-state index in [2.05, 4.69) is 63.2 Å². The fourth-order valence-corrected chi connectivity index (χ4v) is 3.88. The molecule has 0 unspecified atom stereocenters. The maximum atomic E-state index is 12.5. The number of carbonyl (C=O) groups excluding carboxylic acids is 1. The molecule has 1 saturated heterocycles. The lowest BCUT2D eigenvalue weighted by Crippen LogP contribution is -2.53. The highest BCUT2D eigenvalue weighted by molar-refractivity contribution is 5.94. The van der Waals surface area contributed by atoms with E-state index in [1.54, 1.807) is 18.2 Å². The van der Waals surface area contributed by atoms with Crippen molar-refractivity contribution in [3.63, 3.8) is 0 Å². The zero-order valence-corrected chi connectivity index (χ0v) is 16.2. The normalized spacial score (nSPS) is 17.8. The molecule has 4 rings (SSSR count). The quantitative estimate of drug-likeness (QED) is 0.650. The number of aryl methyl sites for hydroxylation is 1. The van der Waals surface area contributed by atoms with Crippen LogP contribution in [0.3, 0.4) is 0 Å². The number of nitrogens with zero attached hydrogens (tertiary/aromatic N) is 2. The second-order valence-corrected chi connectivity index (χ2v) is 7.50. The zero-order valence-electron chi connectivity index (χ0n) is 16.2. The molecule has 1 aromatic heterocycles. The molecule has 2 aromatic carbocycles. The van der Waals surface area contributed by atoms with E-state index in [1.807, 2.05) is 0 Å². The number of amides is 1. The first-order valence-corrected chi connectivity index (χ1v) is 9.55. The number of rotatable bonds is 4. The Kier molecular flexibility index (Phi) is 4.92. The zero-order chi connectivity index (χ0) is 19.7. The van der Waals surface area contributed by atoms with E-state index in [0.29, 0.717) is 23.8 Å². The highest BCUT2D eigenvalue weighted by Crippen LogP contribution is 2.21. The van der Waals surface area contributed by atoms with Crippen molar-refractivity contribution in [2.75, 3.05) is 36.4 Å². The number of nitrogens with one attached hydrogen (secondary N) is 3. The lowest BCUT2D eigenvalue weighted by molar-refractivity contribution is -0.117. The number of hydrogen-bond donors (Lipinski definition) is 3. The second-order valence-electron chi connectivity index (χ2n) is 7.50. The van der Waals surface area contributed by atoms with Gasteiger partial charge in [-0.25, -0.2) is 4.79 Å². The summed E-state index contributed by atoms with van der Waals surface area (Å²) in [6.07, 6.45) is 0. The minimum Gasteiger partial charge on any atom is -0.366 e. The lowest BCUT2D eigenvalue weighted by Gasteiger charge is -2.41. The monoisotopic (exact) mass is 379 g/mol. The molecule has 0 aliphatic carbocycles. The molecule has 7 heteroatoms. The Morgan fingerprint density at radius 2 is 1.96 bits per heavy atom. The predicted molar refractivity (Wildman–Crippen MR) is 112 cm³/mol. The van der Waals surface area contributed by atoms with Crippen LogP contribution < -0.4 is 15.9 Å². The molecule has 0 bridgehead atoms. The third-order valence-corrected chi connectivity index (χ3v) is 5.21. The Morgan fingerprint density at radius 3 is 2.75 bits per heavy atom. The van der Waals surface area contributed by atoms with Gasteiger partial charge in [0.2, 0.25) is 5.91 Å². The second kappa shape index (κ2) is 7.52. The summed E-state index contributed by atoms with van der Waals surface area (Å²) in [7, 11) is 0. The van der Waals surface area contributed by atoms with E-state index in [0.717, 1.165) is 25.2 Å². The third kappa shape index (κ3) is 3.94. The van der Waals surface area contributed by atoms with Crippen LogP contribution >= 0.6 is 0 Å². The molecule has 1 atom stereocenters. The molecule has 2 heterocycles. The van der Waals surface area contributed by atoms with Crippen LogP contribution in [0.1, 0.15) is 12.5 Å². The number of imidazole rings is 1. The Hall–Kier alpha value is -3.06. The third-order valence-electron chi connectivity index (χ3n) is 5.21. The van der Waals surface area contributed by atoms with Crippen LogP contribution in [0.5, 0.6) is 0 Å². The van der Waals surface area contributed by atoms with Crippen LogP contribution in [-0.2, 0) is 4.79 Å². The number of piperazine rings is 1. The van der Waals surface area contributed by atoms with E-state index < -0.39 is 0 Å². The summed E-state index contributed by atoms with van der Waals surface area (Å²) < 4.78 is 0. The molecule has 0 spiro atoms. The molecule has 1 aliphatic heterocycles. The number of aromatic nitrogens is 2. The molecule has 1 fully saturated rings. The number of anilines is 2. The van der Waals surface area contributed by atoms with Crippen molar-refractivity contribution in [1.29, 1.82) is 0 Å². The van der Waals surface area contributed by atoms with Gasteiger partial charge >= 0.3 is 5.69 Å². The first kappa shape index (κ1) is 18.3. The number of H-pyrrole nitrogens is 2. The highest BCUT2D eigenvalue weighted by atomic mass is 16.2. The first-order chi connectivity index (χ1) is 13.5. The fourth-order valence-electron chi connectivity index (χ4n) is 3.88. The van der Waals surface area contributed by atoms with Gasteiger partial charge in [0.1, 0.15) is 0 Å². The summed E-state index contributed by atoms with van der Waals surface area (Å²) in [6.45, 7) is 7.24. The maximum absolute atomic E-state index is 12.5. The Morgan fingerprint density at radius 1 is 1.14 bits per heavy atom. The van der Waals surface area contributed by atoms with E-state index >= 15 is 0 Å². The average molecular weight is 379 g/mol. The van der Waals surface area contributed by atoms with Crippen molar-refractivity contribution in [2.24, 2.45) is 0 Å². The molecule has 0 radical (unpaired) electrons. The van der Waals surface area contributed by atoms with Crippen molar-refractivity contribution >= 4 is 28.3 Å². The van der Waals surface area contributed by atoms with Crippen LogP contribution in [0.2, 0.25) is 0 Å². The Bertz CT molecular complexity index is 1050. The SMILES string of the molecule is Cc1cccc(N2CCN(CC(=O)Nc3ccc4[nH]c(=O)[nH]c4c3)C[C@@H]2C)c1. The van der Waals surface area contributed by atoms with Gasteiger partial charge in [0.25, 0.3) is 0 Å². The average Bonchev–Trinajstić information content (AvgIpc) is 3.01. The van der Waals surface area contributed by atoms with Crippen molar-refractivity contribution < 1.29 is 4.79 Å². The van der Waals surface area contributed by atoms with Gasteiger partial charge in [-0.2, -0.15) is 0 Å². The van der Waals surface area contributed by atoms with Gasteiger partial charge in [-0.3, -0.25) is 9.69 Å². The molecule has 1 aliphatic rings. The van der Waals surface area contributed by atoms with Gasteiger partial charge in [-0.05, 0) is 49.7 Å². The topological polar surface area (TPSA) is 84.2 Å². The van der Waals surface area contributed by atoms with Crippen molar-refractivity contribution in [1.82, 2.24) is 14.9 Å². The van der Waals surface area contributed by atoms with Crippen LogP contribution in [0.15, 0.2) is 47.3 Å². The number of benzene rings is 2. The summed E-state index contributed by atoms with van der Waals surface area (Å²) in [5, 5.41) is 2.93. The van der Waals surface area contributed by atoms with E-state index in [1.165, 1.54) is 11.3 Å². The molecular formula is C21H25N5O2. The van der Waals surface area contributed by atoms with Crippen LogP contribution in [0.4, 0.5) is 11.4 Å². The van der Waals surface area contributed by atoms with Crippen molar-refractivity contribution in [2.45, 2.75) is 19.9 Å². The van der Waals surface area contributed by atoms with Crippen LogP contribution in [-0.4, -0.2) is 53.0 Å². The summed E-state index contributed by atoms with van der Waals surface area (Å²) in [5.74, 6) is -0.0477. The molecule has 0 saturated carbocycles. The van der Waals surface area contributed by atoms with Gasteiger partial charge in [-0.15, -0.1) is 0 Å².